The lowest BCUT2D eigenvalue weighted by Crippen LogP contribution is -2.24. The molecule has 0 bridgehead atoms. The fourth-order valence-corrected chi connectivity index (χ4v) is 4.76. The van der Waals surface area contributed by atoms with Crippen LogP contribution in [0.5, 0.6) is 5.75 Å². The summed E-state index contributed by atoms with van der Waals surface area (Å²) in [4.78, 5) is 12.4. The van der Waals surface area contributed by atoms with E-state index < -0.39 is 19.4 Å². The van der Waals surface area contributed by atoms with Crippen molar-refractivity contribution in [1.29, 1.82) is 0 Å². The maximum atomic E-state index is 13.2. The van der Waals surface area contributed by atoms with E-state index in [1.54, 1.807) is 19.9 Å². The van der Waals surface area contributed by atoms with E-state index in [9.17, 15) is 13.8 Å². The molecule has 0 amide bonds. The van der Waals surface area contributed by atoms with E-state index in [2.05, 4.69) is 0 Å². The van der Waals surface area contributed by atoms with E-state index >= 15 is 0 Å². The number of hydrogen-bond donors (Lipinski definition) is 0. The van der Waals surface area contributed by atoms with Gasteiger partial charge in [0.2, 0.25) is 5.85 Å². The second-order valence-electron chi connectivity index (χ2n) is 6.33. The second kappa shape index (κ2) is 11.9. The van der Waals surface area contributed by atoms with Crippen molar-refractivity contribution in [3.05, 3.63) is 53.9 Å². The summed E-state index contributed by atoms with van der Waals surface area (Å²) in [7, 11) is -3.66. The number of benzene rings is 1. The molecule has 0 aliphatic heterocycles. The van der Waals surface area contributed by atoms with Gasteiger partial charge in [-0.2, -0.15) is 0 Å². The van der Waals surface area contributed by atoms with E-state index in [1.165, 1.54) is 24.3 Å². The van der Waals surface area contributed by atoms with Crippen LogP contribution in [-0.4, -0.2) is 31.6 Å². The third kappa shape index (κ3) is 7.42. The molecule has 1 atom stereocenters. The molecule has 1 unspecified atom stereocenters. The van der Waals surface area contributed by atoms with Gasteiger partial charge >= 0.3 is 13.6 Å². The Kier molecular flexibility index (Phi) is 9.58. The van der Waals surface area contributed by atoms with Crippen molar-refractivity contribution in [1.82, 2.24) is 0 Å². The number of carbonyl (C=O) groups is 1. The van der Waals surface area contributed by atoms with E-state index in [4.69, 9.17) is 18.5 Å². The topological polar surface area (TPSA) is 71.1 Å². The van der Waals surface area contributed by atoms with Gasteiger partial charge in [-0.05, 0) is 62.9 Å². The molecule has 1 aromatic rings. The third-order valence-electron chi connectivity index (χ3n) is 4.12. The van der Waals surface area contributed by atoms with Crippen LogP contribution in [-0.2, 0) is 23.1 Å². The lowest BCUT2D eigenvalue weighted by molar-refractivity contribution is -0.145. The van der Waals surface area contributed by atoms with Crippen LogP contribution in [0.15, 0.2) is 48.1 Å². The van der Waals surface area contributed by atoms with Gasteiger partial charge in [-0.25, -0.2) is 4.39 Å². The number of rotatable bonds is 12. The molecule has 0 spiro atoms. The molecule has 0 saturated carbocycles. The molecule has 6 nitrogen and oxygen atoms in total. The Hall–Kier alpha value is -1.95. The van der Waals surface area contributed by atoms with Gasteiger partial charge in [0.15, 0.2) is 0 Å². The molecule has 0 radical (unpaired) electrons. The largest absolute Gasteiger partial charge is 0.494 e. The number of allylic oxidation sites excluding steroid dienone is 3. The zero-order chi connectivity index (χ0) is 21.1. The summed E-state index contributed by atoms with van der Waals surface area (Å²) in [5.41, 5.74) is 0.716. The molecule has 2 rings (SSSR count). The van der Waals surface area contributed by atoms with E-state index in [0.29, 0.717) is 24.2 Å². The summed E-state index contributed by atoms with van der Waals surface area (Å²) in [6.45, 7) is 4.06. The zero-order valence-electron chi connectivity index (χ0n) is 16.8. The first-order chi connectivity index (χ1) is 14.0. The SMILES string of the molecule is CCOP(=O)(OCC)C(OC(=O)CCCOc1ccc(F)cc1)C1=CC=CCC1. The quantitative estimate of drug-likeness (QED) is 0.253. The number of esters is 1. The molecule has 29 heavy (non-hydrogen) atoms. The number of ether oxygens (including phenoxy) is 2. The predicted molar refractivity (Wildman–Crippen MR) is 108 cm³/mol. The first-order valence-corrected chi connectivity index (χ1v) is 11.4. The van der Waals surface area contributed by atoms with Crippen molar-refractivity contribution in [2.24, 2.45) is 0 Å². The molecule has 0 heterocycles. The molecular weight excluding hydrogens is 398 g/mol. The van der Waals surface area contributed by atoms with Crippen molar-refractivity contribution < 1.29 is 32.3 Å². The molecule has 0 fully saturated rings. The van der Waals surface area contributed by atoms with Gasteiger partial charge in [0.25, 0.3) is 0 Å². The van der Waals surface area contributed by atoms with Gasteiger partial charge < -0.3 is 18.5 Å². The Bertz CT molecular complexity index is 749. The minimum absolute atomic E-state index is 0.0824. The molecule has 1 aliphatic rings. The Balaban J connectivity index is 1.95. The van der Waals surface area contributed by atoms with Crippen LogP contribution in [0.2, 0.25) is 0 Å². The lowest BCUT2D eigenvalue weighted by atomic mass is 10.1. The van der Waals surface area contributed by atoms with E-state index in [-0.39, 0.29) is 32.1 Å². The molecule has 0 saturated heterocycles. The average Bonchev–Trinajstić information content (AvgIpc) is 2.71. The fraction of sp³-hybridized carbons (Fsp3) is 0.476. The van der Waals surface area contributed by atoms with Crippen LogP contribution in [0.25, 0.3) is 0 Å². The number of halogens is 1. The van der Waals surface area contributed by atoms with Gasteiger partial charge in [-0.3, -0.25) is 9.36 Å². The number of hydrogen-bond acceptors (Lipinski definition) is 6. The van der Waals surface area contributed by atoms with Gasteiger partial charge in [0, 0.05) is 6.42 Å². The molecule has 160 valence electrons. The summed E-state index contributed by atoms with van der Waals surface area (Å²) in [6.07, 6.45) is 7.49. The van der Waals surface area contributed by atoms with Crippen molar-refractivity contribution >= 4 is 13.6 Å². The Morgan fingerprint density at radius 1 is 1.17 bits per heavy atom. The molecule has 1 aromatic carbocycles. The summed E-state index contributed by atoms with van der Waals surface area (Å²) in [6, 6.07) is 5.65. The highest BCUT2D eigenvalue weighted by molar-refractivity contribution is 7.54. The Morgan fingerprint density at radius 3 is 2.45 bits per heavy atom. The predicted octanol–water partition coefficient (Wildman–Crippen LogP) is 5.40. The molecular formula is C21H28FO6P. The molecule has 0 aromatic heterocycles. The van der Waals surface area contributed by atoms with Crippen LogP contribution in [0.1, 0.15) is 39.5 Å². The van der Waals surface area contributed by atoms with Crippen LogP contribution >= 0.6 is 7.60 Å². The first kappa shape index (κ1) is 23.3. The summed E-state index contributed by atoms with van der Waals surface area (Å²) in [5.74, 6) is -1.38. The average molecular weight is 426 g/mol. The van der Waals surface area contributed by atoms with Crippen molar-refractivity contribution in [2.45, 2.75) is 45.4 Å². The van der Waals surface area contributed by atoms with Gasteiger partial charge in [0.1, 0.15) is 11.6 Å². The van der Waals surface area contributed by atoms with Crippen LogP contribution in [0.4, 0.5) is 4.39 Å². The van der Waals surface area contributed by atoms with Crippen molar-refractivity contribution in [2.75, 3.05) is 19.8 Å². The highest BCUT2D eigenvalue weighted by Crippen LogP contribution is 2.56. The highest BCUT2D eigenvalue weighted by Gasteiger charge is 2.41. The molecule has 0 N–H and O–H groups in total. The van der Waals surface area contributed by atoms with Gasteiger partial charge in [-0.1, -0.05) is 18.2 Å². The minimum atomic E-state index is -3.66. The summed E-state index contributed by atoms with van der Waals surface area (Å²) < 4.78 is 48.0. The van der Waals surface area contributed by atoms with Gasteiger partial charge in [0.05, 0.1) is 19.8 Å². The van der Waals surface area contributed by atoms with Crippen LogP contribution in [0.3, 0.4) is 0 Å². The molecule has 8 heteroatoms. The lowest BCUT2D eigenvalue weighted by Gasteiger charge is -2.28. The van der Waals surface area contributed by atoms with Gasteiger partial charge in [-0.15, -0.1) is 0 Å². The zero-order valence-corrected chi connectivity index (χ0v) is 17.7. The van der Waals surface area contributed by atoms with Crippen molar-refractivity contribution in [3.63, 3.8) is 0 Å². The Labute approximate surface area is 171 Å². The number of carbonyl (C=O) groups excluding carboxylic acids is 1. The maximum absolute atomic E-state index is 13.2. The minimum Gasteiger partial charge on any atom is -0.494 e. The Morgan fingerprint density at radius 2 is 1.86 bits per heavy atom. The summed E-state index contributed by atoms with van der Waals surface area (Å²) in [5, 5.41) is 0. The van der Waals surface area contributed by atoms with Crippen molar-refractivity contribution in [3.8, 4) is 5.75 Å². The molecule has 1 aliphatic carbocycles. The second-order valence-corrected chi connectivity index (χ2v) is 8.40. The maximum Gasteiger partial charge on any atom is 0.375 e. The summed E-state index contributed by atoms with van der Waals surface area (Å²) >= 11 is 0. The van der Waals surface area contributed by atoms with E-state index in [1.807, 2.05) is 12.2 Å². The van der Waals surface area contributed by atoms with E-state index in [0.717, 1.165) is 6.42 Å². The fourth-order valence-electron chi connectivity index (χ4n) is 2.82. The van der Waals surface area contributed by atoms with Crippen LogP contribution in [0, 0.1) is 5.82 Å². The highest BCUT2D eigenvalue weighted by atomic mass is 31.2. The smallest absolute Gasteiger partial charge is 0.375 e. The monoisotopic (exact) mass is 426 g/mol. The third-order valence-corrected chi connectivity index (χ3v) is 6.37. The first-order valence-electron chi connectivity index (χ1n) is 9.80. The standard InChI is InChI=1S/C21H28FO6P/c1-3-26-29(24,27-4-2)21(17-9-6-5-7-10-17)28-20(23)11-8-16-25-19-14-12-18(22)13-15-19/h5-6,9,12-15,21H,3-4,7-8,10-11,16H2,1-2H3. The normalized spacial score (nSPS) is 14.9. The van der Waals surface area contributed by atoms with Crippen LogP contribution < -0.4 is 4.74 Å².